The molecule has 2 rings (SSSR count). The third-order valence-electron chi connectivity index (χ3n) is 3.51. The van der Waals surface area contributed by atoms with Crippen molar-refractivity contribution in [2.45, 2.75) is 44.1 Å². The molecular formula is C15H23N5O2S. The zero-order valence-corrected chi connectivity index (χ0v) is 15.0. The van der Waals surface area contributed by atoms with Gasteiger partial charge in [-0.1, -0.05) is 23.4 Å². The van der Waals surface area contributed by atoms with Gasteiger partial charge >= 0.3 is 5.69 Å². The number of rotatable bonds is 5. The molecule has 7 nitrogen and oxygen atoms in total. The van der Waals surface area contributed by atoms with Gasteiger partial charge in [0.2, 0.25) is 0 Å². The molecule has 0 spiro atoms. The SMILES string of the molecule is CC(C)=CCn1c(SC(C)(C)CN)nc2c1c(=O)[nH]c(=O)n2C. The van der Waals surface area contributed by atoms with Gasteiger partial charge in [0.05, 0.1) is 0 Å². The normalized spacial score (nSPS) is 11.9. The first-order chi connectivity index (χ1) is 10.7. The quantitative estimate of drug-likeness (QED) is 0.631. The lowest BCUT2D eigenvalue weighted by Gasteiger charge is -2.21. The fourth-order valence-electron chi connectivity index (χ4n) is 2.02. The number of H-pyrrole nitrogens is 1. The highest BCUT2D eigenvalue weighted by Gasteiger charge is 2.24. The van der Waals surface area contributed by atoms with E-state index in [2.05, 4.69) is 9.97 Å². The third kappa shape index (κ3) is 3.59. The molecule has 0 aliphatic heterocycles. The van der Waals surface area contributed by atoms with E-state index in [1.807, 2.05) is 38.3 Å². The molecule has 0 amide bonds. The third-order valence-corrected chi connectivity index (χ3v) is 4.73. The largest absolute Gasteiger partial charge is 0.329 e. The molecule has 8 heteroatoms. The Morgan fingerprint density at radius 3 is 2.61 bits per heavy atom. The Morgan fingerprint density at radius 2 is 2.04 bits per heavy atom. The second kappa shape index (κ2) is 6.37. The highest BCUT2D eigenvalue weighted by molar-refractivity contribution is 8.00. The van der Waals surface area contributed by atoms with Gasteiger partial charge in [-0.05, 0) is 27.7 Å². The highest BCUT2D eigenvalue weighted by Crippen LogP contribution is 2.32. The molecule has 0 aliphatic carbocycles. The number of aryl methyl sites for hydroxylation is 1. The number of thioether (sulfide) groups is 1. The molecular weight excluding hydrogens is 314 g/mol. The van der Waals surface area contributed by atoms with Crippen molar-refractivity contribution in [3.05, 3.63) is 32.5 Å². The van der Waals surface area contributed by atoms with Gasteiger partial charge in [0.1, 0.15) is 0 Å². The summed E-state index contributed by atoms with van der Waals surface area (Å²) in [6.07, 6.45) is 2.02. The number of fused-ring (bicyclic) bond motifs is 1. The Balaban J connectivity index is 2.74. The molecule has 0 saturated carbocycles. The zero-order valence-electron chi connectivity index (χ0n) is 14.1. The van der Waals surface area contributed by atoms with Crippen LogP contribution in [0.15, 0.2) is 26.4 Å². The molecule has 0 aromatic carbocycles. The van der Waals surface area contributed by atoms with Crippen LogP contribution in [0.25, 0.3) is 11.2 Å². The predicted molar refractivity (Wildman–Crippen MR) is 94.0 cm³/mol. The summed E-state index contributed by atoms with van der Waals surface area (Å²) in [5.41, 5.74) is 6.85. The maximum absolute atomic E-state index is 12.3. The predicted octanol–water partition coefficient (Wildman–Crippen LogP) is 1.22. The lowest BCUT2D eigenvalue weighted by molar-refractivity contribution is 0.695. The minimum Gasteiger partial charge on any atom is -0.329 e. The number of nitrogens with one attached hydrogen (secondary N) is 1. The average Bonchev–Trinajstić information content (AvgIpc) is 2.81. The maximum Gasteiger partial charge on any atom is 0.329 e. The number of aromatic amines is 1. The second-order valence-electron chi connectivity index (χ2n) is 6.34. The van der Waals surface area contributed by atoms with Crippen molar-refractivity contribution in [2.24, 2.45) is 12.8 Å². The molecule has 126 valence electrons. The smallest absolute Gasteiger partial charge is 0.329 e. The molecule has 0 radical (unpaired) electrons. The lowest BCUT2D eigenvalue weighted by Crippen LogP contribution is -2.29. The Kier molecular flexibility index (Phi) is 4.86. The maximum atomic E-state index is 12.3. The first-order valence-corrected chi connectivity index (χ1v) is 8.20. The average molecular weight is 337 g/mol. The van der Waals surface area contributed by atoms with Crippen LogP contribution in [0.1, 0.15) is 27.7 Å². The molecule has 2 heterocycles. The molecule has 0 saturated heterocycles. The van der Waals surface area contributed by atoms with Crippen molar-refractivity contribution in [3.63, 3.8) is 0 Å². The molecule has 0 fully saturated rings. The zero-order chi connectivity index (χ0) is 17.4. The Morgan fingerprint density at radius 1 is 1.39 bits per heavy atom. The molecule has 0 unspecified atom stereocenters. The number of hydrogen-bond donors (Lipinski definition) is 2. The molecule has 0 atom stereocenters. The van der Waals surface area contributed by atoms with Crippen molar-refractivity contribution in [1.29, 1.82) is 0 Å². The van der Waals surface area contributed by atoms with Crippen LogP contribution < -0.4 is 17.0 Å². The molecule has 0 aliphatic rings. The highest BCUT2D eigenvalue weighted by atomic mass is 32.2. The number of imidazole rings is 1. The Bertz CT molecular complexity index is 868. The summed E-state index contributed by atoms with van der Waals surface area (Å²) >= 11 is 1.50. The number of aromatic nitrogens is 4. The van der Waals surface area contributed by atoms with Crippen LogP contribution in [0.2, 0.25) is 0 Å². The first kappa shape index (κ1) is 17.6. The van der Waals surface area contributed by atoms with E-state index in [1.165, 1.54) is 16.3 Å². The van der Waals surface area contributed by atoms with Crippen molar-refractivity contribution >= 4 is 22.9 Å². The lowest BCUT2D eigenvalue weighted by atomic mass is 10.2. The van der Waals surface area contributed by atoms with E-state index in [9.17, 15) is 9.59 Å². The summed E-state index contributed by atoms with van der Waals surface area (Å²) in [4.78, 5) is 30.9. The summed E-state index contributed by atoms with van der Waals surface area (Å²) in [6, 6.07) is 0. The molecule has 0 bridgehead atoms. The minimum absolute atomic E-state index is 0.226. The Labute approximate surface area is 138 Å². The van der Waals surface area contributed by atoms with Gasteiger partial charge in [0.15, 0.2) is 16.3 Å². The van der Waals surface area contributed by atoms with Gasteiger partial charge in [-0.15, -0.1) is 0 Å². The van der Waals surface area contributed by atoms with Crippen molar-refractivity contribution in [1.82, 2.24) is 19.1 Å². The molecule has 23 heavy (non-hydrogen) atoms. The number of nitrogens with zero attached hydrogens (tertiary/aromatic N) is 3. The number of hydrogen-bond acceptors (Lipinski definition) is 5. The number of allylic oxidation sites excluding steroid dienone is 2. The molecule has 3 N–H and O–H groups in total. The van der Waals surface area contributed by atoms with Gasteiger partial charge < -0.3 is 10.3 Å². The molecule has 2 aromatic heterocycles. The van der Waals surface area contributed by atoms with Crippen LogP contribution in [-0.4, -0.2) is 30.4 Å². The van der Waals surface area contributed by atoms with Crippen molar-refractivity contribution in [2.75, 3.05) is 6.54 Å². The van der Waals surface area contributed by atoms with E-state index in [-0.39, 0.29) is 4.75 Å². The van der Waals surface area contributed by atoms with Gasteiger partial charge in [0, 0.05) is 24.9 Å². The van der Waals surface area contributed by atoms with Crippen LogP contribution in [-0.2, 0) is 13.6 Å². The second-order valence-corrected chi connectivity index (χ2v) is 8.02. The monoisotopic (exact) mass is 337 g/mol. The van der Waals surface area contributed by atoms with Crippen LogP contribution in [0, 0.1) is 0 Å². The Hall–Kier alpha value is -1.80. The molecule has 2 aromatic rings. The van der Waals surface area contributed by atoms with Gasteiger partial charge in [-0.25, -0.2) is 9.78 Å². The van der Waals surface area contributed by atoms with Gasteiger partial charge in [-0.3, -0.25) is 14.3 Å². The van der Waals surface area contributed by atoms with Gasteiger partial charge in [0.25, 0.3) is 5.56 Å². The van der Waals surface area contributed by atoms with Crippen LogP contribution in [0.5, 0.6) is 0 Å². The van der Waals surface area contributed by atoms with E-state index in [0.717, 1.165) is 5.57 Å². The fraction of sp³-hybridized carbons (Fsp3) is 0.533. The van der Waals surface area contributed by atoms with Gasteiger partial charge in [-0.2, -0.15) is 0 Å². The van der Waals surface area contributed by atoms with Crippen LogP contribution >= 0.6 is 11.8 Å². The first-order valence-electron chi connectivity index (χ1n) is 7.38. The van der Waals surface area contributed by atoms with E-state index in [1.54, 1.807) is 7.05 Å². The number of nitrogens with two attached hydrogens (primary N) is 1. The van der Waals surface area contributed by atoms with Crippen molar-refractivity contribution < 1.29 is 0 Å². The van der Waals surface area contributed by atoms with E-state index < -0.39 is 11.2 Å². The van der Waals surface area contributed by atoms with Crippen molar-refractivity contribution in [3.8, 4) is 0 Å². The van der Waals surface area contributed by atoms with Crippen LogP contribution in [0.3, 0.4) is 0 Å². The minimum atomic E-state index is -0.469. The van der Waals surface area contributed by atoms with E-state index >= 15 is 0 Å². The summed E-state index contributed by atoms with van der Waals surface area (Å²) in [7, 11) is 1.60. The summed E-state index contributed by atoms with van der Waals surface area (Å²) in [6.45, 7) is 9.02. The standard InChI is InChI=1S/C15H23N5O2S/c1-9(2)6-7-20-10-11(19(5)13(22)18-12(10)21)17-14(20)23-15(3,4)8-16/h6H,7-8,16H2,1-5H3,(H,18,21,22). The topological polar surface area (TPSA) is 98.7 Å². The summed E-state index contributed by atoms with van der Waals surface area (Å²) < 4.78 is 2.97. The fourth-order valence-corrected chi connectivity index (χ4v) is 3.01. The van der Waals surface area contributed by atoms with E-state index in [4.69, 9.17) is 5.73 Å². The summed E-state index contributed by atoms with van der Waals surface area (Å²) in [5, 5.41) is 0.680. The van der Waals surface area contributed by atoms with E-state index in [0.29, 0.717) is 29.4 Å². The summed E-state index contributed by atoms with van der Waals surface area (Å²) in [5.74, 6) is 0. The van der Waals surface area contributed by atoms with Crippen LogP contribution in [0.4, 0.5) is 0 Å².